The van der Waals surface area contributed by atoms with Crippen molar-refractivity contribution in [3.63, 3.8) is 0 Å². The Morgan fingerprint density at radius 2 is 0.977 bits per heavy atom. The summed E-state index contributed by atoms with van der Waals surface area (Å²) in [7, 11) is -7.05. The Morgan fingerprint density at radius 1 is 0.651 bits per heavy atom. The van der Waals surface area contributed by atoms with E-state index in [2.05, 4.69) is 41.5 Å². The third kappa shape index (κ3) is 6.09. The van der Waals surface area contributed by atoms with Crippen molar-refractivity contribution in [1.82, 2.24) is 0 Å². The minimum Gasteiger partial charge on any atom is -0.307 e. The van der Waals surface area contributed by atoms with E-state index in [0.29, 0.717) is 57.5 Å². The maximum absolute atomic E-state index is 14.2. The zero-order valence-electron chi connectivity index (χ0n) is 28.7. The molecule has 4 aliphatic carbocycles. The van der Waals surface area contributed by atoms with Gasteiger partial charge >= 0.3 is 15.2 Å². The molecule has 4 rings (SSSR count). The van der Waals surface area contributed by atoms with Crippen LogP contribution in [0, 0.1) is 33.5 Å². The normalized spacial score (nSPS) is 34.5. The second kappa shape index (κ2) is 13.0. The third-order valence-corrected chi connectivity index (χ3v) is 17.2. The van der Waals surface area contributed by atoms with E-state index in [1.165, 1.54) is 12.8 Å². The van der Waals surface area contributed by atoms with Crippen molar-refractivity contribution >= 4 is 26.6 Å². The highest BCUT2D eigenvalue weighted by molar-refractivity contribution is 7.55. The van der Waals surface area contributed by atoms with Gasteiger partial charge in [0, 0.05) is 22.3 Å². The van der Waals surface area contributed by atoms with Crippen LogP contribution in [-0.2, 0) is 27.2 Å². The van der Waals surface area contributed by atoms with Crippen LogP contribution in [0.1, 0.15) is 127 Å². The molecular formula is C33H60N2O6P2. The van der Waals surface area contributed by atoms with Crippen LogP contribution in [0.15, 0.2) is 9.98 Å². The monoisotopic (exact) mass is 642 g/mol. The summed E-state index contributed by atoms with van der Waals surface area (Å²) in [5.41, 5.74) is 2.59. The topological polar surface area (TPSA) is 95.8 Å². The molecule has 43 heavy (non-hydrogen) atoms. The summed E-state index contributed by atoms with van der Waals surface area (Å²) in [4.78, 5) is 10.5. The molecule has 6 atom stereocenters. The lowest BCUT2D eigenvalue weighted by Gasteiger charge is -2.36. The first-order chi connectivity index (χ1) is 20.1. The molecule has 0 amide bonds. The number of aliphatic imine (C=N–C) groups is 2. The van der Waals surface area contributed by atoms with Crippen LogP contribution >= 0.6 is 15.2 Å². The average molecular weight is 643 g/mol. The summed E-state index contributed by atoms with van der Waals surface area (Å²) < 4.78 is 52.0. The van der Waals surface area contributed by atoms with E-state index in [-0.39, 0.29) is 21.7 Å². The quantitative estimate of drug-likeness (QED) is 0.156. The SMILES string of the molecule is CCOP(=O)(OCC)C(CCCC(/N=C1\C[C@H]2CC[C@]1(C)C2(C)C)P(=O)(OCC)OCC)/N=C1\C[C@H]2CC[C@]1(C)C2(C)C. The molecule has 0 aromatic carbocycles. The van der Waals surface area contributed by atoms with Crippen LogP contribution in [0.2, 0.25) is 0 Å². The Kier molecular flexibility index (Phi) is 10.8. The second-order valence-electron chi connectivity index (χ2n) is 14.8. The minimum absolute atomic E-state index is 0.0165. The molecule has 0 aromatic rings. The average Bonchev–Trinajstić information content (AvgIpc) is 3.44. The highest BCUT2D eigenvalue weighted by atomic mass is 31.2. The maximum Gasteiger partial charge on any atom is 0.354 e. The Labute approximate surface area is 262 Å². The Bertz CT molecular complexity index is 1060. The van der Waals surface area contributed by atoms with Crippen molar-refractivity contribution in [2.45, 2.75) is 139 Å². The minimum atomic E-state index is -3.52. The van der Waals surface area contributed by atoms with Gasteiger partial charge in [-0.3, -0.25) is 19.1 Å². The number of hydrogen-bond donors (Lipinski definition) is 0. The van der Waals surface area contributed by atoms with E-state index >= 15 is 0 Å². The van der Waals surface area contributed by atoms with Crippen LogP contribution in [0.5, 0.6) is 0 Å². The van der Waals surface area contributed by atoms with Gasteiger partial charge in [-0.05, 0) is 108 Å². The molecular weight excluding hydrogens is 582 g/mol. The molecule has 4 aliphatic rings. The summed E-state index contributed by atoms with van der Waals surface area (Å²) in [5.74, 6) is -0.0435. The van der Waals surface area contributed by atoms with Crippen molar-refractivity contribution in [3.05, 3.63) is 0 Å². The summed E-state index contributed by atoms with van der Waals surface area (Å²) in [6.07, 6.45) is 8.10. The van der Waals surface area contributed by atoms with Gasteiger partial charge in [0.25, 0.3) is 0 Å². The fourth-order valence-corrected chi connectivity index (χ4v) is 12.7. The molecule has 8 nitrogen and oxygen atoms in total. The predicted octanol–water partition coefficient (Wildman–Crippen LogP) is 9.92. The van der Waals surface area contributed by atoms with Crippen molar-refractivity contribution < 1.29 is 27.2 Å². The molecule has 10 heteroatoms. The van der Waals surface area contributed by atoms with Crippen LogP contribution in [-0.4, -0.2) is 49.4 Å². The molecule has 0 heterocycles. The Morgan fingerprint density at radius 3 is 1.21 bits per heavy atom. The standard InChI is InChI=1S/C33H60N2O6P2/c1-11-38-42(36,39-12-2)28(34-26-22-24-18-20-32(26,9)30(24,5)6)16-15-17-29(43(37,40-13-3)41-14-4)35-27-23-25-19-21-33(27,10)31(25,7)8/h24-25,28-29H,11-23H2,1-10H3/b34-26+,35-27+/t24-,25-,28?,29?,32+,33+/m1/s1. The van der Waals surface area contributed by atoms with Crippen molar-refractivity contribution in [2.24, 2.45) is 43.5 Å². The van der Waals surface area contributed by atoms with E-state index in [0.717, 1.165) is 37.1 Å². The summed E-state index contributed by atoms with van der Waals surface area (Å²) in [5, 5.41) is 0. The van der Waals surface area contributed by atoms with Crippen molar-refractivity contribution in [1.29, 1.82) is 0 Å². The first-order valence-corrected chi connectivity index (χ1v) is 20.2. The van der Waals surface area contributed by atoms with E-state index < -0.39 is 26.8 Å². The fraction of sp³-hybridized carbons (Fsp3) is 0.939. The summed E-state index contributed by atoms with van der Waals surface area (Å²) in [6, 6.07) is 0. The van der Waals surface area contributed by atoms with E-state index in [1.807, 2.05) is 27.7 Å². The lowest BCUT2D eigenvalue weighted by Crippen LogP contribution is -2.33. The molecule has 0 aliphatic heterocycles. The van der Waals surface area contributed by atoms with Crippen LogP contribution in [0.3, 0.4) is 0 Å². The highest BCUT2D eigenvalue weighted by Crippen LogP contribution is 2.67. The molecule has 4 bridgehead atoms. The maximum atomic E-state index is 14.2. The molecule has 0 radical (unpaired) electrons. The summed E-state index contributed by atoms with van der Waals surface area (Å²) >= 11 is 0. The highest BCUT2D eigenvalue weighted by Gasteiger charge is 2.61. The molecule has 2 unspecified atom stereocenters. The van der Waals surface area contributed by atoms with Crippen molar-refractivity contribution in [3.8, 4) is 0 Å². The number of rotatable bonds is 16. The van der Waals surface area contributed by atoms with Gasteiger partial charge in [-0.15, -0.1) is 0 Å². The van der Waals surface area contributed by atoms with Gasteiger partial charge in [0.2, 0.25) is 0 Å². The van der Waals surface area contributed by atoms with Crippen molar-refractivity contribution in [2.75, 3.05) is 26.4 Å². The van der Waals surface area contributed by atoms with E-state index in [9.17, 15) is 9.13 Å². The van der Waals surface area contributed by atoms with E-state index in [4.69, 9.17) is 28.1 Å². The molecule has 0 spiro atoms. The van der Waals surface area contributed by atoms with Gasteiger partial charge in [0.05, 0.1) is 26.4 Å². The molecule has 0 saturated heterocycles. The third-order valence-electron chi connectivity index (χ3n) is 12.5. The van der Waals surface area contributed by atoms with Gasteiger partial charge in [-0.25, -0.2) is 0 Å². The van der Waals surface area contributed by atoms with E-state index in [1.54, 1.807) is 0 Å². The Hall–Kier alpha value is -0.360. The van der Waals surface area contributed by atoms with Gasteiger partial charge in [0.15, 0.2) is 11.6 Å². The largest absolute Gasteiger partial charge is 0.354 e. The molecule has 248 valence electrons. The predicted molar refractivity (Wildman–Crippen MR) is 176 cm³/mol. The van der Waals surface area contributed by atoms with Crippen LogP contribution in [0.4, 0.5) is 0 Å². The first-order valence-electron chi connectivity index (χ1n) is 17.0. The molecule has 4 saturated carbocycles. The lowest BCUT2D eigenvalue weighted by atomic mass is 9.70. The lowest BCUT2D eigenvalue weighted by molar-refractivity contribution is 0.192. The molecule has 4 fully saturated rings. The van der Waals surface area contributed by atoms with Gasteiger partial charge in [-0.2, -0.15) is 0 Å². The molecule has 0 N–H and O–H groups in total. The summed E-state index contributed by atoms with van der Waals surface area (Å²) in [6.45, 7) is 22.6. The molecule has 0 aromatic heterocycles. The fourth-order valence-electron chi connectivity index (χ4n) is 8.82. The zero-order valence-corrected chi connectivity index (χ0v) is 30.5. The van der Waals surface area contributed by atoms with Gasteiger partial charge < -0.3 is 18.1 Å². The van der Waals surface area contributed by atoms with Crippen LogP contribution < -0.4 is 0 Å². The number of nitrogens with zero attached hydrogens (tertiary/aromatic N) is 2. The Balaban J connectivity index is 1.64. The first kappa shape index (κ1) is 35.5. The van der Waals surface area contributed by atoms with Crippen LogP contribution in [0.25, 0.3) is 0 Å². The zero-order chi connectivity index (χ0) is 31.9. The van der Waals surface area contributed by atoms with Gasteiger partial charge in [0.1, 0.15) is 0 Å². The second-order valence-corrected chi connectivity index (χ2v) is 19.2. The number of hydrogen-bond acceptors (Lipinski definition) is 8. The number of fused-ring (bicyclic) bond motifs is 4. The smallest absolute Gasteiger partial charge is 0.307 e. The van der Waals surface area contributed by atoms with Gasteiger partial charge in [-0.1, -0.05) is 41.5 Å².